The summed E-state index contributed by atoms with van der Waals surface area (Å²) in [5.41, 5.74) is 1.12. The lowest BCUT2D eigenvalue weighted by Gasteiger charge is -2.24. The highest BCUT2D eigenvalue weighted by atomic mass is 79.9. The molecular formula is C15H19BrN2O3S. The highest BCUT2D eigenvalue weighted by Gasteiger charge is 2.41. The normalized spacial score (nSPS) is 19.7. The van der Waals surface area contributed by atoms with Gasteiger partial charge < -0.3 is 4.90 Å². The van der Waals surface area contributed by atoms with E-state index in [1.807, 2.05) is 11.0 Å². The van der Waals surface area contributed by atoms with Crippen LogP contribution in [0.25, 0.3) is 0 Å². The number of benzene rings is 1. The first-order chi connectivity index (χ1) is 10.2. The van der Waals surface area contributed by atoms with E-state index >= 15 is 0 Å². The summed E-state index contributed by atoms with van der Waals surface area (Å²) in [6, 6.07) is 3.53. The predicted molar refractivity (Wildman–Crippen MR) is 87.1 cm³/mol. The van der Waals surface area contributed by atoms with Crippen LogP contribution in [0.15, 0.2) is 21.5 Å². The zero-order chi connectivity index (χ0) is 16.2. The summed E-state index contributed by atoms with van der Waals surface area (Å²) in [6.45, 7) is 2.54. The fraction of sp³-hybridized carbons (Fsp3) is 0.533. The molecule has 1 saturated carbocycles. The first kappa shape index (κ1) is 16.0. The van der Waals surface area contributed by atoms with Gasteiger partial charge >= 0.3 is 0 Å². The molecule has 0 N–H and O–H groups in total. The van der Waals surface area contributed by atoms with E-state index in [2.05, 4.69) is 22.9 Å². The van der Waals surface area contributed by atoms with E-state index in [0.717, 1.165) is 22.7 Å². The average Bonchev–Trinajstić information content (AvgIpc) is 3.22. The molecule has 5 nitrogen and oxygen atoms in total. The Labute approximate surface area is 139 Å². The predicted octanol–water partition coefficient (Wildman–Crippen LogP) is 2.45. The number of fused-ring (bicyclic) bond motifs is 1. The van der Waals surface area contributed by atoms with Crippen molar-refractivity contribution < 1.29 is 13.2 Å². The largest absolute Gasteiger partial charge is 0.331 e. The minimum Gasteiger partial charge on any atom is -0.331 e. The Kier molecular flexibility index (Phi) is 3.86. The summed E-state index contributed by atoms with van der Waals surface area (Å²) in [5, 5.41) is 0. The number of nitrogens with zero attached hydrogens (tertiary/aromatic N) is 2. The van der Waals surface area contributed by atoms with Gasteiger partial charge in [0.1, 0.15) is 0 Å². The van der Waals surface area contributed by atoms with Crippen molar-refractivity contribution in [2.24, 2.45) is 5.92 Å². The minimum atomic E-state index is -3.66. The van der Waals surface area contributed by atoms with Gasteiger partial charge in [0.05, 0.1) is 10.5 Å². The molecule has 7 heteroatoms. The molecule has 0 spiro atoms. The van der Waals surface area contributed by atoms with Gasteiger partial charge in [-0.25, -0.2) is 12.7 Å². The van der Waals surface area contributed by atoms with Crippen molar-refractivity contribution in [3.63, 3.8) is 0 Å². The lowest BCUT2D eigenvalue weighted by atomic mass is 10.1. The van der Waals surface area contributed by atoms with Crippen LogP contribution in [-0.4, -0.2) is 43.7 Å². The topological polar surface area (TPSA) is 57.7 Å². The molecule has 1 aromatic rings. The molecule has 120 valence electrons. The maximum absolute atomic E-state index is 12.8. The van der Waals surface area contributed by atoms with Crippen molar-refractivity contribution in [3.05, 3.63) is 27.7 Å². The van der Waals surface area contributed by atoms with Crippen LogP contribution in [0.2, 0.25) is 0 Å². The second-order valence-corrected chi connectivity index (χ2v) is 9.27. The molecule has 1 aliphatic carbocycles. The van der Waals surface area contributed by atoms with Gasteiger partial charge in [0.2, 0.25) is 10.0 Å². The van der Waals surface area contributed by atoms with Gasteiger partial charge in [-0.2, -0.15) is 0 Å². The van der Waals surface area contributed by atoms with E-state index in [1.54, 1.807) is 0 Å². The zero-order valence-electron chi connectivity index (χ0n) is 12.8. The third-order valence-corrected chi connectivity index (χ3v) is 6.82. The summed E-state index contributed by atoms with van der Waals surface area (Å²) < 4.78 is 26.9. The molecular weight excluding hydrogens is 368 g/mol. The van der Waals surface area contributed by atoms with Crippen LogP contribution < -0.4 is 0 Å². The van der Waals surface area contributed by atoms with Crippen molar-refractivity contribution in [2.45, 2.75) is 37.2 Å². The number of carbonyl (C=O) groups excluding carboxylic acids is 1. The molecule has 3 rings (SSSR count). The van der Waals surface area contributed by atoms with E-state index in [-0.39, 0.29) is 16.8 Å². The minimum absolute atomic E-state index is 0.0948. The molecule has 0 bridgehead atoms. The Morgan fingerprint density at radius 2 is 1.95 bits per heavy atom. The highest BCUT2D eigenvalue weighted by molar-refractivity contribution is 9.10. The van der Waals surface area contributed by atoms with E-state index < -0.39 is 10.0 Å². The molecule has 1 aromatic carbocycles. The third-order valence-electron chi connectivity index (χ3n) is 4.52. The number of hydrogen-bond donors (Lipinski definition) is 0. The van der Waals surface area contributed by atoms with Gasteiger partial charge in [0.25, 0.3) is 5.91 Å². The van der Waals surface area contributed by atoms with Crippen molar-refractivity contribution >= 4 is 31.9 Å². The molecule has 1 aliphatic heterocycles. The fourth-order valence-corrected chi connectivity index (χ4v) is 4.77. The Balaban J connectivity index is 2.10. The van der Waals surface area contributed by atoms with Crippen LogP contribution >= 0.6 is 15.9 Å². The summed E-state index contributed by atoms with van der Waals surface area (Å²) in [4.78, 5) is 14.7. The smallest absolute Gasteiger partial charge is 0.256 e. The monoisotopic (exact) mass is 386 g/mol. The van der Waals surface area contributed by atoms with Crippen LogP contribution in [0.4, 0.5) is 0 Å². The molecule has 22 heavy (non-hydrogen) atoms. The molecule has 0 aromatic heterocycles. The molecule has 0 radical (unpaired) electrons. The van der Waals surface area contributed by atoms with Crippen LogP contribution in [0.1, 0.15) is 35.7 Å². The maximum Gasteiger partial charge on any atom is 0.256 e. The lowest BCUT2D eigenvalue weighted by molar-refractivity contribution is 0.0694. The quantitative estimate of drug-likeness (QED) is 0.798. The Morgan fingerprint density at radius 1 is 1.32 bits per heavy atom. The molecule has 0 unspecified atom stereocenters. The van der Waals surface area contributed by atoms with Crippen LogP contribution in [-0.2, 0) is 16.6 Å². The van der Waals surface area contributed by atoms with Crippen LogP contribution in [0, 0.1) is 5.92 Å². The van der Waals surface area contributed by atoms with E-state index in [9.17, 15) is 13.2 Å². The molecule has 1 amide bonds. The average molecular weight is 387 g/mol. The maximum atomic E-state index is 12.8. The van der Waals surface area contributed by atoms with E-state index in [1.165, 1.54) is 20.2 Å². The van der Waals surface area contributed by atoms with Crippen LogP contribution in [0.3, 0.4) is 0 Å². The number of sulfonamides is 1. The number of hydrogen-bond acceptors (Lipinski definition) is 3. The van der Waals surface area contributed by atoms with Gasteiger partial charge in [-0.15, -0.1) is 0 Å². The van der Waals surface area contributed by atoms with Crippen molar-refractivity contribution in [2.75, 3.05) is 14.1 Å². The van der Waals surface area contributed by atoms with Gasteiger partial charge in [0, 0.05) is 31.2 Å². The van der Waals surface area contributed by atoms with E-state index in [4.69, 9.17) is 0 Å². The van der Waals surface area contributed by atoms with Gasteiger partial charge in [-0.05, 0) is 43.4 Å². The fourth-order valence-electron chi connectivity index (χ4n) is 2.96. The first-order valence-electron chi connectivity index (χ1n) is 7.29. The Bertz CT molecular complexity index is 741. The Morgan fingerprint density at radius 3 is 2.50 bits per heavy atom. The van der Waals surface area contributed by atoms with Crippen molar-refractivity contribution in [3.8, 4) is 0 Å². The van der Waals surface area contributed by atoms with Crippen molar-refractivity contribution in [1.29, 1.82) is 0 Å². The van der Waals surface area contributed by atoms with Gasteiger partial charge in [-0.3, -0.25) is 4.79 Å². The number of rotatable bonds is 4. The van der Waals surface area contributed by atoms with Gasteiger partial charge in [-0.1, -0.05) is 15.9 Å². The standard InChI is InChI=1S/C15H19BrN2O3S/c1-9(10-4-5-10)18-8-11-6-12(16)7-13(14(11)15(18)19)22(20,21)17(2)3/h6-7,9-10H,4-5,8H2,1-3H3/t9-/m0/s1. The third kappa shape index (κ3) is 2.49. The number of carbonyl (C=O) groups is 1. The molecule has 1 heterocycles. The first-order valence-corrected chi connectivity index (χ1v) is 9.52. The highest BCUT2D eigenvalue weighted by Crippen LogP contribution is 2.40. The van der Waals surface area contributed by atoms with Crippen molar-refractivity contribution in [1.82, 2.24) is 9.21 Å². The summed E-state index contributed by atoms with van der Waals surface area (Å²) >= 11 is 3.36. The second-order valence-electron chi connectivity index (χ2n) is 6.24. The zero-order valence-corrected chi connectivity index (χ0v) is 15.2. The van der Waals surface area contributed by atoms with Gasteiger partial charge in [0.15, 0.2) is 0 Å². The SMILES string of the molecule is C[C@@H](C1CC1)N1Cc2cc(Br)cc(S(=O)(=O)N(C)C)c2C1=O. The number of halogens is 1. The summed E-state index contributed by atoms with van der Waals surface area (Å²) in [6.07, 6.45) is 2.29. The Hall–Kier alpha value is -0.920. The summed E-state index contributed by atoms with van der Waals surface area (Å²) in [5.74, 6) is 0.387. The van der Waals surface area contributed by atoms with Crippen LogP contribution in [0.5, 0.6) is 0 Å². The molecule has 0 saturated heterocycles. The molecule has 1 fully saturated rings. The van der Waals surface area contributed by atoms with E-state index in [0.29, 0.717) is 22.5 Å². The molecule has 1 atom stereocenters. The molecule has 2 aliphatic rings. The second kappa shape index (κ2) is 5.32. The summed E-state index contributed by atoms with van der Waals surface area (Å²) in [7, 11) is -0.698. The number of amides is 1. The lowest BCUT2D eigenvalue weighted by Crippen LogP contribution is -2.35.